The van der Waals surface area contributed by atoms with Crippen LogP contribution in [0.2, 0.25) is 0 Å². The van der Waals surface area contributed by atoms with Gasteiger partial charge in [-0.25, -0.2) is 0 Å². The van der Waals surface area contributed by atoms with Crippen molar-refractivity contribution < 1.29 is 4.79 Å². The molecule has 1 amide bonds. The van der Waals surface area contributed by atoms with E-state index in [0.717, 1.165) is 35.4 Å². The number of rotatable bonds is 3. The Balaban J connectivity index is 0.00000200. The van der Waals surface area contributed by atoms with E-state index in [1.807, 2.05) is 25.1 Å². The van der Waals surface area contributed by atoms with E-state index in [2.05, 4.69) is 38.4 Å². The van der Waals surface area contributed by atoms with E-state index in [0.29, 0.717) is 12.6 Å². The molecule has 2 N–H and O–H groups in total. The SMILES string of the molecule is Cc1cc(NC(=O)CN2CCNC[C@H]2C)ccc1Br.Cl. The van der Waals surface area contributed by atoms with Gasteiger partial charge in [0.25, 0.3) is 0 Å². The Bertz CT molecular complexity index is 470. The summed E-state index contributed by atoms with van der Waals surface area (Å²) in [5, 5.41) is 6.28. The second kappa shape index (κ2) is 7.98. The molecule has 112 valence electrons. The van der Waals surface area contributed by atoms with E-state index in [4.69, 9.17) is 0 Å². The molecular weight excluding hydrogens is 342 g/mol. The van der Waals surface area contributed by atoms with Gasteiger partial charge in [0.2, 0.25) is 5.91 Å². The Morgan fingerprint density at radius 3 is 2.95 bits per heavy atom. The minimum Gasteiger partial charge on any atom is -0.325 e. The van der Waals surface area contributed by atoms with Gasteiger partial charge in [0, 0.05) is 35.8 Å². The molecule has 1 saturated heterocycles. The van der Waals surface area contributed by atoms with Gasteiger partial charge in [0.1, 0.15) is 0 Å². The summed E-state index contributed by atoms with van der Waals surface area (Å²) >= 11 is 3.46. The van der Waals surface area contributed by atoms with E-state index in [1.54, 1.807) is 0 Å². The van der Waals surface area contributed by atoms with E-state index in [1.165, 1.54) is 0 Å². The molecule has 1 heterocycles. The molecule has 1 fully saturated rings. The number of benzene rings is 1. The number of carbonyl (C=O) groups is 1. The Morgan fingerprint density at radius 2 is 2.30 bits per heavy atom. The number of piperazine rings is 1. The summed E-state index contributed by atoms with van der Waals surface area (Å²) < 4.78 is 1.06. The first-order valence-corrected chi connectivity index (χ1v) is 7.36. The third-order valence-corrected chi connectivity index (χ3v) is 4.32. The van der Waals surface area contributed by atoms with Gasteiger partial charge in [-0.3, -0.25) is 9.69 Å². The van der Waals surface area contributed by atoms with E-state index in [-0.39, 0.29) is 18.3 Å². The van der Waals surface area contributed by atoms with Crippen molar-refractivity contribution in [1.82, 2.24) is 10.2 Å². The standard InChI is InChI=1S/C14H20BrN3O.ClH/c1-10-7-12(3-4-13(10)15)17-14(19)9-18-6-5-16-8-11(18)2;/h3-4,7,11,16H,5-6,8-9H2,1-2H3,(H,17,19);1H/t11-;/m1./s1. The molecule has 1 aliphatic rings. The predicted molar refractivity (Wildman–Crippen MR) is 88.7 cm³/mol. The number of nitrogens with zero attached hydrogens (tertiary/aromatic N) is 1. The van der Waals surface area contributed by atoms with Gasteiger partial charge in [-0.1, -0.05) is 15.9 Å². The molecule has 0 spiro atoms. The average Bonchev–Trinajstić information content (AvgIpc) is 2.37. The van der Waals surface area contributed by atoms with Gasteiger partial charge >= 0.3 is 0 Å². The van der Waals surface area contributed by atoms with Crippen LogP contribution >= 0.6 is 28.3 Å². The first-order valence-electron chi connectivity index (χ1n) is 6.57. The van der Waals surface area contributed by atoms with Crippen molar-refractivity contribution in [3.05, 3.63) is 28.2 Å². The lowest BCUT2D eigenvalue weighted by molar-refractivity contribution is -0.118. The normalized spacial score (nSPS) is 19.2. The number of nitrogens with one attached hydrogen (secondary N) is 2. The van der Waals surface area contributed by atoms with Crippen LogP contribution in [-0.2, 0) is 4.79 Å². The van der Waals surface area contributed by atoms with Crippen LogP contribution in [0.4, 0.5) is 5.69 Å². The van der Waals surface area contributed by atoms with Gasteiger partial charge in [-0.15, -0.1) is 12.4 Å². The third-order valence-electron chi connectivity index (χ3n) is 3.43. The molecule has 0 bridgehead atoms. The van der Waals surface area contributed by atoms with E-state index < -0.39 is 0 Å². The van der Waals surface area contributed by atoms with Crippen LogP contribution in [0.25, 0.3) is 0 Å². The zero-order valence-electron chi connectivity index (χ0n) is 11.8. The minimum atomic E-state index is 0. The lowest BCUT2D eigenvalue weighted by Gasteiger charge is -2.33. The number of anilines is 1. The molecule has 0 aromatic heterocycles. The molecule has 1 aromatic rings. The van der Waals surface area contributed by atoms with Crippen LogP contribution in [0.5, 0.6) is 0 Å². The lowest BCUT2D eigenvalue weighted by atomic mass is 10.2. The molecule has 0 radical (unpaired) electrons. The van der Waals surface area contributed by atoms with Gasteiger partial charge < -0.3 is 10.6 Å². The Hall–Kier alpha value is -0.620. The van der Waals surface area contributed by atoms with Crippen molar-refractivity contribution in [1.29, 1.82) is 0 Å². The molecule has 6 heteroatoms. The van der Waals surface area contributed by atoms with Gasteiger partial charge in [0.15, 0.2) is 0 Å². The van der Waals surface area contributed by atoms with Crippen molar-refractivity contribution in [2.75, 3.05) is 31.5 Å². The molecule has 1 aliphatic heterocycles. The van der Waals surface area contributed by atoms with Crippen LogP contribution in [0.1, 0.15) is 12.5 Å². The Morgan fingerprint density at radius 1 is 1.55 bits per heavy atom. The van der Waals surface area contributed by atoms with Gasteiger partial charge in [-0.05, 0) is 37.6 Å². The summed E-state index contributed by atoms with van der Waals surface area (Å²) in [4.78, 5) is 14.2. The maximum atomic E-state index is 12.0. The maximum Gasteiger partial charge on any atom is 0.238 e. The molecule has 4 nitrogen and oxygen atoms in total. The largest absolute Gasteiger partial charge is 0.325 e. The summed E-state index contributed by atoms with van der Waals surface area (Å²) in [5.74, 6) is 0.0514. The van der Waals surface area contributed by atoms with Crippen molar-refractivity contribution in [2.24, 2.45) is 0 Å². The van der Waals surface area contributed by atoms with Gasteiger partial charge in [-0.2, -0.15) is 0 Å². The summed E-state index contributed by atoms with van der Waals surface area (Å²) in [7, 11) is 0. The lowest BCUT2D eigenvalue weighted by Crippen LogP contribution is -2.51. The summed E-state index contributed by atoms with van der Waals surface area (Å²) in [5.41, 5.74) is 1.97. The smallest absolute Gasteiger partial charge is 0.238 e. The maximum absolute atomic E-state index is 12.0. The topological polar surface area (TPSA) is 44.4 Å². The van der Waals surface area contributed by atoms with Crippen molar-refractivity contribution in [3.8, 4) is 0 Å². The van der Waals surface area contributed by atoms with Crippen molar-refractivity contribution in [3.63, 3.8) is 0 Å². The predicted octanol–water partition coefficient (Wildman–Crippen LogP) is 2.41. The molecule has 1 aromatic carbocycles. The molecule has 0 aliphatic carbocycles. The van der Waals surface area contributed by atoms with E-state index >= 15 is 0 Å². The van der Waals surface area contributed by atoms with E-state index in [9.17, 15) is 4.79 Å². The zero-order chi connectivity index (χ0) is 13.8. The van der Waals surface area contributed by atoms with Crippen molar-refractivity contribution >= 4 is 39.9 Å². The molecular formula is C14H21BrClN3O. The summed E-state index contributed by atoms with van der Waals surface area (Å²) in [6, 6.07) is 6.25. The Kier molecular flexibility index (Phi) is 6.95. The van der Waals surface area contributed by atoms with Crippen LogP contribution in [0.15, 0.2) is 22.7 Å². The monoisotopic (exact) mass is 361 g/mol. The number of aryl methyl sites for hydroxylation is 1. The number of halogens is 2. The molecule has 0 saturated carbocycles. The van der Waals surface area contributed by atoms with Gasteiger partial charge in [0.05, 0.1) is 6.54 Å². The number of hydrogen-bond donors (Lipinski definition) is 2. The first kappa shape index (κ1) is 17.4. The Labute approximate surface area is 134 Å². The van der Waals surface area contributed by atoms with Crippen LogP contribution in [0.3, 0.4) is 0 Å². The highest BCUT2D eigenvalue weighted by Crippen LogP contribution is 2.20. The number of carbonyl (C=O) groups excluding carboxylic acids is 1. The highest BCUT2D eigenvalue weighted by Gasteiger charge is 2.20. The zero-order valence-corrected chi connectivity index (χ0v) is 14.2. The molecule has 1 atom stereocenters. The molecule has 0 unspecified atom stereocenters. The van der Waals surface area contributed by atoms with Crippen LogP contribution in [0, 0.1) is 6.92 Å². The second-order valence-corrected chi connectivity index (χ2v) is 5.89. The average molecular weight is 363 g/mol. The van der Waals surface area contributed by atoms with Crippen LogP contribution < -0.4 is 10.6 Å². The number of hydrogen-bond acceptors (Lipinski definition) is 3. The first-order chi connectivity index (χ1) is 9.06. The summed E-state index contributed by atoms with van der Waals surface area (Å²) in [6.07, 6.45) is 0. The quantitative estimate of drug-likeness (QED) is 0.868. The highest BCUT2D eigenvalue weighted by molar-refractivity contribution is 9.10. The highest BCUT2D eigenvalue weighted by atomic mass is 79.9. The van der Waals surface area contributed by atoms with Crippen LogP contribution in [-0.4, -0.2) is 43.0 Å². The fourth-order valence-electron chi connectivity index (χ4n) is 2.23. The minimum absolute atomic E-state index is 0. The fourth-order valence-corrected chi connectivity index (χ4v) is 2.47. The summed E-state index contributed by atoms with van der Waals surface area (Å²) in [6.45, 7) is 7.44. The molecule has 20 heavy (non-hydrogen) atoms. The van der Waals surface area contributed by atoms with Crippen molar-refractivity contribution in [2.45, 2.75) is 19.9 Å². The number of amides is 1. The third kappa shape index (κ3) is 4.74. The fraction of sp³-hybridized carbons (Fsp3) is 0.500. The molecule has 2 rings (SSSR count). The second-order valence-electron chi connectivity index (χ2n) is 5.04.